The third kappa shape index (κ3) is 7.86. The molecule has 0 saturated carbocycles. The SMILES string of the molecule is COc1cc(OC)cc(C(C)NC(=O)c2cc(CNC(=O)OC(C)(C)C)cc(C(F)(F)F)c2)c1. The number of alkyl carbamates (subject to hydrolysis) is 1. The first-order valence-corrected chi connectivity index (χ1v) is 10.4. The molecule has 2 aromatic rings. The summed E-state index contributed by atoms with van der Waals surface area (Å²) in [6.45, 7) is 6.43. The van der Waals surface area contributed by atoms with E-state index in [1.54, 1.807) is 45.9 Å². The van der Waals surface area contributed by atoms with Gasteiger partial charge in [-0.2, -0.15) is 13.2 Å². The molecule has 2 rings (SSSR count). The van der Waals surface area contributed by atoms with Crippen LogP contribution in [0.2, 0.25) is 0 Å². The molecule has 0 aromatic heterocycles. The smallest absolute Gasteiger partial charge is 0.416 e. The molecule has 10 heteroatoms. The molecule has 0 heterocycles. The van der Waals surface area contributed by atoms with E-state index < -0.39 is 35.4 Å². The zero-order valence-electron chi connectivity index (χ0n) is 19.9. The quantitative estimate of drug-likeness (QED) is 0.564. The average Bonchev–Trinajstić information content (AvgIpc) is 2.75. The van der Waals surface area contributed by atoms with E-state index in [-0.39, 0.29) is 17.7 Å². The molecule has 7 nitrogen and oxygen atoms in total. The molecule has 0 radical (unpaired) electrons. The number of hydrogen-bond acceptors (Lipinski definition) is 5. The Hall–Kier alpha value is -3.43. The third-order valence-corrected chi connectivity index (χ3v) is 4.64. The van der Waals surface area contributed by atoms with Gasteiger partial charge in [-0.25, -0.2) is 4.79 Å². The van der Waals surface area contributed by atoms with Gasteiger partial charge in [-0.3, -0.25) is 4.79 Å². The van der Waals surface area contributed by atoms with Crippen molar-refractivity contribution in [2.45, 2.75) is 52.1 Å². The number of carbonyl (C=O) groups is 2. The second kappa shape index (κ2) is 10.7. The summed E-state index contributed by atoms with van der Waals surface area (Å²) in [7, 11) is 2.97. The van der Waals surface area contributed by atoms with Crippen LogP contribution in [0.1, 0.15) is 60.8 Å². The summed E-state index contributed by atoms with van der Waals surface area (Å²) < 4.78 is 55.9. The van der Waals surface area contributed by atoms with Crippen molar-refractivity contribution in [3.05, 3.63) is 58.7 Å². The lowest BCUT2D eigenvalue weighted by atomic mass is 10.0. The number of nitrogens with one attached hydrogen (secondary N) is 2. The molecule has 186 valence electrons. The van der Waals surface area contributed by atoms with Crippen molar-refractivity contribution in [1.82, 2.24) is 10.6 Å². The number of hydrogen-bond donors (Lipinski definition) is 2. The molecule has 0 saturated heterocycles. The number of halogens is 3. The van der Waals surface area contributed by atoms with E-state index >= 15 is 0 Å². The minimum Gasteiger partial charge on any atom is -0.497 e. The molecule has 0 aliphatic heterocycles. The fourth-order valence-corrected chi connectivity index (χ4v) is 3.02. The van der Waals surface area contributed by atoms with E-state index in [0.29, 0.717) is 17.1 Å². The van der Waals surface area contributed by atoms with E-state index in [4.69, 9.17) is 14.2 Å². The van der Waals surface area contributed by atoms with Gasteiger partial charge in [0.1, 0.15) is 17.1 Å². The lowest BCUT2D eigenvalue weighted by Crippen LogP contribution is -2.32. The van der Waals surface area contributed by atoms with Crippen LogP contribution in [0.5, 0.6) is 11.5 Å². The topological polar surface area (TPSA) is 85.9 Å². The Labute approximate surface area is 196 Å². The maximum absolute atomic E-state index is 13.5. The van der Waals surface area contributed by atoms with E-state index in [2.05, 4.69) is 10.6 Å². The van der Waals surface area contributed by atoms with Crippen LogP contribution >= 0.6 is 0 Å². The highest BCUT2D eigenvalue weighted by Crippen LogP contribution is 2.31. The number of ether oxygens (including phenoxy) is 3. The molecule has 0 aliphatic rings. The normalized spacial score (nSPS) is 12.5. The standard InChI is InChI=1S/C24H29F3N2O5/c1-14(16-10-19(32-5)12-20(11-16)33-6)29-21(30)17-7-15(8-18(9-17)24(25,26)27)13-28-22(31)34-23(2,3)4/h7-12,14H,13H2,1-6H3,(H,28,31)(H,29,30). The number of carbonyl (C=O) groups excluding carboxylic acids is 2. The van der Waals surface area contributed by atoms with Crippen molar-refractivity contribution in [2.24, 2.45) is 0 Å². The number of alkyl halides is 3. The maximum Gasteiger partial charge on any atom is 0.416 e. The zero-order chi connectivity index (χ0) is 25.7. The van der Waals surface area contributed by atoms with Crippen LogP contribution in [0, 0.1) is 0 Å². The van der Waals surface area contributed by atoms with E-state index in [9.17, 15) is 22.8 Å². The van der Waals surface area contributed by atoms with Crippen LogP contribution < -0.4 is 20.1 Å². The monoisotopic (exact) mass is 482 g/mol. The number of rotatable bonds is 7. The van der Waals surface area contributed by atoms with Gasteiger partial charge >= 0.3 is 12.3 Å². The summed E-state index contributed by atoms with van der Waals surface area (Å²) in [5.41, 5.74) is -1.22. The Bertz CT molecular complexity index is 1010. The van der Waals surface area contributed by atoms with Crippen molar-refractivity contribution in [2.75, 3.05) is 14.2 Å². The van der Waals surface area contributed by atoms with Gasteiger partial charge in [0.15, 0.2) is 0 Å². The second-order valence-corrected chi connectivity index (χ2v) is 8.61. The lowest BCUT2D eigenvalue weighted by Gasteiger charge is -2.20. The molecule has 1 atom stereocenters. The summed E-state index contributed by atoms with van der Waals surface area (Å²) in [4.78, 5) is 24.7. The van der Waals surface area contributed by atoms with Gasteiger partial charge < -0.3 is 24.8 Å². The van der Waals surface area contributed by atoms with Crippen LogP contribution in [0.3, 0.4) is 0 Å². The minimum atomic E-state index is -4.68. The highest BCUT2D eigenvalue weighted by molar-refractivity contribution is 5.95. The van der Waals surface area contributed by atoms with Crippen molar-refractivity contribution >= 4 is 12.0 Å². The van der Waals surface area contributed by atoms with Gasteiger partial charge in [0.25, 0.3) is 5.91 Å². The fraction of sp³-hybridized carbons (Fsp3) is 0.417. The van der Waals surface area contributed by atoms with Crippen molar-refractivity contribution in [3.63, 3.8) is 0 Å². The number of methoxy groups -OCH3 is 2. The zero-order valence-corrected chi connectivity index (χ0v) is 19.9. The van der Waals surface area contributed by atoms with Crippen LogP contribution in [0.25, 0.3) is 0 Å². The fourth-order valence-electron chi connectivity index (χ4n) is 3.02. The summed E-state index contributed by atoms with van der Waals surface area (Å²) in [5.74, 6) is 0.300. The summed E-state index contributed by atoms with van der Waals surface area (Å²) in [6, 6.07) is 7.42. The predicted octanol–water partition coefficient (Wildman–Crippen LogP) is 5.24. The lowest BCUT2D eigenvalue weighted by molar-refractivity contribution is -0.137. The van der Waals surface area contributed by atoms with Crippen molar-refractivity contribution in [1.29, 1.82) is 0 Å². The van der Waals surface area contributed by atoms with Crippen molar-refractivity contribution < 1.29 is 37.0 Å². The molecule has 1 unspecified atom stereocenters. The highest BCUT2D eigenvalue weighted by atomic mass is 19.4. The van der Waals surface area contributed by atoms with Gasteiger partial charge in [0.2, 0.25) is 0 Å². The van der Waals surface area contributed by atoms with Gasteiger partial charge in [-0.05, 0) is 69.2 Å². The van der Waals surface area contributed by atoms with Gasteiger partial charge in [-0.1, -0.05) is 0 Å². The Balaban J connectivity index is 2.26. The Morgan fingerprint density at radius 2 is 1.53 bits per heavy atom. The molecule has 2 aromatic carbocycles. The Kier molecular flexibility index (Phi) is 8.41. The molecular formula is C24H29F3N2O5. The highest BCUT2D eigenvalue weighted by Gasteiger charge is 2.32. The summed E-state index contributed by atoms with van der Waals surface area (Å²) in [6.07, 6.45) is -5.46. The predicted molar refractivity (Wildman–Crippen MR) is 120 cm³/mol. The minimum absolute atomic E-state index is 0.0986. The second-order valence-electron chi connectivity index (χ2n) is 8.61. The van der Waals surface area contributed by atoms with Crippen LogP contribution in [0.15, 0.2) is 36.4 Å². The third-order valence-electron chi connectivity index (χ3n) is 4.64. The van der Waals surface area contributed by atoms with Crippen LogP contribution in [-0.4, -0.2) is 31.8 Å². The molecular weight excluding hydrogens is 453 g/mol. The largest absolute Gasteiger partial charge is 0.497 e. The van der Waals surface area contributed by atoms with Crippen LogP contribution in [0.4, 0.5) is 18.0 Å². The first kappa shape index (κ1) is 26.8. The van der Waals surface area contributed by atoms with Gasteiger partial charge in [0, 0.05) is 18.2 Å². The molecule has 2 N–H and O–H groups in total. The molecule has 34 heavy (non-hydrogen) atoms. The molecule has 0 fully saturated rings. The Morgan fingerprint density at radius 3 is 2.03 bits per heavy atom. The molecule has 2 amide bonds. The van der Waals surface area contributed by atoms with Gasteiger partial charge in [-0.15, -0.1) is 0 Å². The van der Waals surface area contributed by atoms with Gasteiger partial charge in [0.05, 0.1) is 25.8 Å². The Morgan fingerprint density at radius 1 is 0.941 bits per heavy atom. The van der Waals surface area contributed by atoms with E-state index in [1.165, 1.54) is 20.3 Å². The average molecular weight is 482 g/mol. The number of benzene rings is 2. The van der Waals surface area contributed by atoms with E-state index in [0.717, 1.165) is 12.1 Å². The number of amides is 2. The maximum atomic E-state index is 13.5. The first-order valence-electron chi connectivity index (χ1n) is 10.4. The van der Waals surface area contributed by atoms with E-state index in [1.807, 2.05) is 0 Å². The van der Waals surface area contributed by atoms with Crippen LogP contribution in [-0.2, 0) is 17.5 Å². The van der Waals surface area contributed by atoms with Crippen molar-refractivity contribution in [3.8, 4) is 11.5 Å². The summed E-state index contributed by atoms with van der Waals surface area (Å²) >= 11 is 0. The summed E-state index contributed by atoms with van der Waals surface area (Å²) in [5, 5.41) is 5.09. The molecule has 0 aliphatic carbocycles. The first-order chi connectivity index (χ1) is 15.7. The molecule has 0 bridgehead atoms. The molecule has 0 spiro atoms.